The van der Waals surface area contributed by atoms with Gasteiger partial charge in [0.2, 0.25) is 11.8 Å². The highest BCUT2D eigenvalue weighted by atomic mass is 35.5. The molecule has 7 nitrogen and oxygen atoms in total. The van der Waals surface area contributed by atoms with E-state index in [0.717, 1.165) is 24.0 Å². The number of nitro groups is 1. The lowest BCUT2D eigenvalue weighted by molar-refractivity contribution is -0.384. The fourth-order valence-electron chi connectivity index (χ4n) is 3.97. The fraction of sp³-hybridized carbons (Fsp3) is 0.310. The number of carbonyl (C=O) groups excluding carboxylic acids is 2. The minimum atomic E-state index is -0.774. The van der Waals surface area contributed by atoms with E-state index in [1.807, 2.05) is 37.3 Å². The molecule has 0 spiro atoms. The average Bonchev–Trinajstić information content (AvgIpc) is 2.93. The van der Waals surface area contributed by atoms with Crippen LogP contribution in [0, 0.1) is 10.1 Å². The molecule has 3 aromatic carbocycles. The van der Waals surface area contributed by atoms with E-state index >= 15 is 0 Å². The summed E-state index contributed by atoms with van der Waals surface area (Å²) in [6.45, 7) is 2.64. The summed E-state index contributed by atoms with van der Waals surface area (Å²) < 4.78 is 0. The lowest BCUT2D eigenvalue weighted by Gasteiger charge is -2.32. The predicted octanol–water partition coefficient (Wildman–Crippen LogP) is 6.69. The standard InChI is InChI=1S/C29H31Cl2N3O4S/c1-2-3-16-32-29(36)27(17-21-8-5-4-6-9-21)33(18-24-25(30)10-7-11-26(24)31)28(35)20-39-19-22-12-14-23(15-13-22)34(37)38/h4-15,27H,2-3,16-20H2,1H3,(H,32,36). The Labute approximate surface area is 243 Å². The van der Waals surface area contributed by atoms with Crippen LogP contribution < -0.4 is 5.32 Å². The Hall–Kier alpha value is -3.07. The zero-order valence-corrected chi connectivity index (χ0v) is 24.0. The lowest BCUT2D eigenvalue weighted by Crippen LogP contribution is -2.51. The minimum absolute atomic E-state index is 0.0143. The van der Waals surface area contributed by atoms with Crippen LogP contribution in [-0.2, 0) is 28.3 Å². The van der Waals surface area contributed by atoms with Gasteiger partial charge in [0.15, 0.2) is 0 Å². The van der Waals surface area contributed by atoms with E-state index in [-0.39, 0.29) is 29.8 Å². The second kappa shape index (κ2) is 15.5. The Morgan fingerprint density at radius 3 is 2.26 bits per heavy atom. The molecule has 1 N–H and O–H groups in total. The lowest BCUT2D eigenvalue weighted by atomic mass is 10.0. The molecule has 3 aromatic rings. The normalized spacial score (nSPS) is 11.6. The molecule has 0 radical (unpaired) electrons. The maximum atomic E-state index is 13.7. The molecule has 0 saturated carbocycles. The molecule has 0 bridgehead atoms. The van der Waals surface area contributed by atoms with Crippen LogP contribution in [0.15, 0.2) is 72.8 Å². The number of carbonyl (C=O) groups is 2. The van der Waals surface area contributed by atoms with Crippen molar-refractivity contribution >= 4 is 52.5 Å². The molecule has 0 aromatic heterocycles. The van der Waals surface area contributed by atoms with Gasteiger partial charge in [-0.05, 0) is 29.7 Å². The van der Waals surface area contributed by atoms with Gasteiger partial charge in [0.25, 0.3) is 5.69 Å². The number of unbranched alkanes of at least 4 members (excludes halogenated alkanes) is 1. The largest absolute Gasteiger partial charge is 0.354 e. The van der Waals surface area contributed by atoms with Gasteiger partial charge in [-0.2, -0.15) is 0 Å². The Bertz CT molecular complexity index is 1240. The van der Waals surface area contributed by atoms with Crippen molar-refractivity contribution < 1.29 is 14.5 Å². The first kappa shape index (κ1) is 30.5. The van der Waals surface area contributed by atoms with Gasteiger partial charge >= 0.3 is 0 Å². The second-order valence-electron chi connectivity index (χ2n) is 8.99. The molecule has 39 heavy (non-hydrogen) atoms. The van der Waals surface area contributed by atoms with Crippen molar-refractivity contribution in [3.63, 3.8) is 0 Å². The first-order valence-electron chi connectivity index (χ1n) is 12.6. The number of non-ortho nitro benzene ring substituents is 1. The topological polar surface area (TPSA) is 92.6 Å². The van der Waals surface area contributed by atoms with Gasteiger partial charge in [-0.3, -0.25) is 19.7 Å². The number of thioether (sulfide) groups is 1. The summed E-state index contributed by atoms with van der Waals surface area (Å²) >= 11 is 14.3. The Morgan fingerprint density at radius 2 is 1.64 bits per heavy atom. The Balaban J connectivity index is 1.85. The number of nitrogens with zero attached hydrogens (tertiary/aromatic N) is 2. The summed E-state index contributed by atoms with van der Waals surface area (Å²) in [5, 5.41) is 14.8. The fourth-order valence-corrected chi connectivity index (χ4v) is 5.35. The van der Waals surface area contributed by atoms with Crippen molar-refractivity contribution in [3.8, 4) is 0 Å². The van der Waals surface area contributed by atoms with Crippen LogP contribution in [0.3, 0.4) is 0 Å². The van der Waals surface area contributed by atoms with Crippen molar-refractivity contribution in [3.05, 3.63) is 110 Å². The van der Waals surface area contributed by atoms with Crippen LogP contribution in [0.2, 0.25) is 10.0 Å². The number of hydrogen-bond donors (Lipinski definition) is 1. The second-order valence-corrected chi connectivity index (χ2v) is 10.8. The van der Waals surface area contributed by atoms with E-state index in [2.05, 4.69) is 5.32 Å². The van der Waals surface area contributed by atoms with Crippen LogP contribution in [-0.4, -0.2) is 40.0 Å². The monoisotopic (exact) mass is 587 g/mol. The quantitative estimate of drug-likeness (QED) is 0.129. The molecular formula is C29H31Cl2N3O4S. The van der Waals surface area contributed by atoms with Gasteiger partial charge in [0.05, 0.1) is 10.7 Å². The first-order valence-corrected chi connectivity index (χ1v) is 14.6. The number of amides is 2. The molecule has 0 aliphatic rings. The number of benzene rings is 3. The first-order chi connectivity index (χ1) is 18.8. The SMILES string of the molecule is CCCCNC(=O)C(Cc1ccccc1)N(Cc1c(Cl)cccc1Cl)C(=O)CSCc1ccc([N+](=O)[O-])cc1. The van der Waals surface area contributed by atoms with E-state index in [0.29, 0.717) is 34.3 Å². The third-order valence-electron chi connectivity index (χ3n) is 6.13. The van der Waals surface area contributed by atoms with Crippen molar-refractivity contribution in [2.75, 3.05) is 12.3 Å². The van der Waals surface area contributed by atoms with Crippen molar-refractivity contribution in [2.45, 2.75) is 44.5 Å². The average molecular weight is 589 g/mol. The number of rotatable bonds is 14. The Kier molecular flexibility index (Phi) is 12.1. The van der Waals surface area contributed by atoms with E-state index in [4.69, 9.17) is 23.2 Å². The smallest absolute Gasteiger partial charge is 0.269 e. The molecule has 3 rings (SSSR count). The van der Waals surface area contributed by atoms with E-state index in [1.165, 1.54) is 23.9 Å². The van der Waals surface area contributed by atoms with Crippen LogP contribution in [0.5, 0.6) is 0 Å². The molecule has 0 heterocycles. The van der Waals surface area contributed by atoms with Crippen molar-refractivity contribution in [1.82, 2.24) is 10.2 Å². The van der Waals surface area contributed by atoms with Gasteiger partial charge in [0, 0.05) is 53.0 Å². The summed E-state index contributed by atoms with van der Waals surface area (Å²) in [5.41, 5.74) is 2.38. The van der Waals surface area contributed by atoms with Crippen LogP contribution in [0.4, 0.5) is 5.69 Å². The number of halogens is 2. The molecule has 10 heteroatoms. The molecular weight excluding hydrogens is 557 g/mol. The zero-order chi connectivity index (χ0) is 28.2. The van der Waals surface area contributed by atoms with Gasteiger partial charge in [-0.25, -0.2) is 0 Å². The summed E-state index contributed by atoms with van der Waals surface area (Å²) in [6, 6.07) is 20.2. The summed E-state index contributed by atoms with van der Waals surface area (Å²) in [5.74, 6) is 0.122. The molecule has 2 amide bonds. The van der Waals surface area contributed by atoms with Crippen molar-refractivity contribution in [1.29, 1.82) is 0 Å². The minimum Gasteiger partial charge on any atom is -0.354 e. The maximum absolute atomic E-state index is 13.7. The third-order valence-corrected chi connectivity index (χ3v) is 7.83. The van der Waals surface area contributed by atoms with Crippen molar-refractivity contribution in [2.24, 2.45) is 0 Å². The van der Waals surface area contributed by atoms with E-state index in [1.54, 1.807) is 35.2 Å². The summed E-state index contributed by atoms with van der Waals surface area (Å²) in [4.78, 5) is 39.2. The summed E-state index contributed by atoms with van der Waals surface area (Å²) in [6.07, 6.45) is 2.10. The molecule has 0 aliphatic carbocycles. The predicted molar refractivity (Wildman–Crippen MR) is 158 cm³/mol. The van der Waals surface area contributed by atoms with Crippen LogP contribution >= 0.6 is 35.0 Å². The van der Waals surface area contributed by atoms with Gasteiger partial charge in [-0.1, -0.05) is 85.1 Å². The van der Waals surface area contributed by atoms with E-state index < -0.39 is 11.0 Å². The van der Waals surface area contributed by atoms with Gasteiger partial charge in [0.1, 0.15) is 6.04 Å². The summed E-state index contributed by atoms with van der Waals surface area (Å²) in [7, 11) is 0. The highest BCUT2D eigenvalue weighted by Crippen LogP contribution is 2.28. The highest BCUT2D eigenvalue weighted by Gasteiger charge is 2.31. The zero-order valence-electron chi connectivity index (χ0n) is 21.6. The Morgan fingerprint density at radius 1 is 0.974 bits per heavy atom. The third kappa shape index (κ3) is 9.27. The van der Waals surface area contributed by atoms with Gasteiger partial charge < -0.3 is 10.2 Å². The van der Waals surface area contributed by atoms with E-state index in [9.17, 15) is 19.7 Å². The molecule has 1 atom stereocenters. The van der Waals surface area contributed by atoms with Crippen LogP contribution in [0.1, 0.15) is 36.5 Å². The van der Waals surface area contributed by atoms with Gasteiger partial charge in [-0.15, -0.1) is 11.8 Å². The highest BCUT2D eigenvalue weighted by molar-refractivity contribution is 7.99. The molecule has 1 unspecified atom stereocenters. The number of nitro benzene ring substituents is 1. The number of hydrogen-bond acceptors (Lipinski definition) is 5. The molecule has 0 fully saturated rings. The van der Waals surface area contributed by atoms with Crippen LogP contribution in [0.25, 0.3) is 0 Å². The molecule has 0 aliphatic heterocycles. The molecule has 0 saturated heterocycles. The maximum Gasteiger partial charge on any atom is 0.269 e. The molecule has 206 valence electrons. The number of nitrogens with one attached hydrogen (secondary N) is 1.